The molecule has 152 valence electrons. The van der Waals surface area contributed by atoms with Crippen molar-refractivity contribution in [2.45, 2.75) is 13.3 Å². The van der Waals surface area contributed by atoms with Gasteiger partial charge in [0, 0.05) is 18.2 Å². The Balaban J connectivity index is 1.39. The number of methoxy groups -OCH3 is 1. The lowest BCUT2D eigenvalue weighted by molar-refractivity contribution is -0.115. The monoisotopic (exact) mass is 422 g/mol. The smallest absolute Gasteiger partial charge is 0.231 e. The van der Waals surface area contributed by atoms with Crippen LogP contribution in [0.4, 0.5) is 5.82 Å². The number of ether oxygens (including phenoxy) is 3. The van der Waals surface area contributed by atoms with Gasteiger partial charge in [0.1, 0.15) is 11.6 Å². The molecule has 0 spiro atoms. The summed E-state index contributed by atoms with van der Waals surface area (Å²) in [6, 6.07) is 13.0. The fourth-order valence-corrected chi connectivity index (χ4v) is 4.19. The van der Waals surface area contributed by atoms with Gasteiger partial charge in [-0.15, -0.1) is 0 Å². The third-order valence-electron chi connectivity index (χ3n) is 4.68. The van der Waals surface area contributed by atoms with E-state index in [2.05, 4.69) is 15.4 Å². The van der Waals surface area contributed by atoms with Crippen molar-refractivity contribution in [2.75, 3.05) is 19.2 Å². The zero-order valence-electron chi connectivity index (χ0n) is 16.3. The molecule has 9 heteroatoms. The molecular formula is C21H18N4O4S. The van der Waals surface area contributed by atoms with E-state index in [0.29, 0.717) is 22.4 Å². The number of fused-ring (bicyclic) bond motifs is 2. The third kappa shape index (κ3) is 3.43. The minimum atomic E-state index is -0.136. The van der Waals surface area contributed by atoms with Gasteiger partial charge in [-0.3, -0.25) is 4.79 Å². The molecule has 0 saturated heterocycles. The van der Waals surface area contributed by atoms with Crippen molar-refractivity contribution in [1.29, 1.82) is 0 Å². The van der Waals surface area contributed by atoms with Crippen LogP contribution in [0.2, 0.25) is 0 Å². The quantitative estimate of drug-likeness (QED) is 0.528. The normalized spacial score (nSPS) is 12.3. The lowest BCUT2D eigenvalue weighted by atomic mass is 10.1. The molecule has 0 aliphatic carbocycles. The Morgan fingerprint density at radius 1 is 1.20 bits per heavy atom. The molecule has 4 aromatic rings. The first-order chi connectivity index (χ1) is 14.6. The van der Waals surface area contributed by atoms with Crippen molar-refractivity contribution in [3.05, 3.63) is 53.7 Å². The first kappa shape index (κ1) is 18.4. The number of nitrogens with one attached hydrogen (secondary N) is 1. The van der Waals surface area contributed by atoms with Gasteiger partial charge in [-0.05, 0) is 24.6 Å². The number of aryl methyl sites for hydroxylation is 1. The Hall–Kier alpha value is -3.59. The predicted octanol–water partition coefficient (Wildman–Crippen LogP) is 3.71. The van der Waals surface area contributed by atoms with E-state index in [0.717, 1.165) is 27.2 Å². The van der Waals surface area contributed by atoms with Crippen LogP contribution < -0.4 is 19.5 Å². The van der Waals surface area contributed by atoms with Crippen LogP contribution in [0.25, 0.3) is 15.3 Å². The van der Waals surface area contributed by atoms with Crippen LogP contribution in [-0.4, -0.2) is 34.6 Å². The lowest BCUT2D eigenvalue weighted by Crippen LogP contribution is -2.17. The van der Waals surface area contributed by atoms with E-state index in [1.54, 1.807) is 11.8 Å². The Labute approximate surface area is 176 Å². The summed E-state index contributed by atoms with van der Waals surface area (Å²) in [4.78, 5) is 17.3. The van der Waals surface area contributed by atoms with Gasteiger partial charge in [0.2, 0.25) is 17.8 Å². The fraction of sp³-hybridized carbons (Fsp3) is 0.190. The topological polar surface area (TPSA) is 87.5 Å². The first-order valence-corrected chi connectivity index (χ1v) is 10.1. The zero-order valence-corrected chi connectivity index (χ0v) is 17.2. The minimum absolute atomic E-state index is 0.136. The zero-order chi connectivity index (χ0) is 20.7. The van der Waals surface area contributed by atoms with E-state index in [1.807, 2.05) is 49.4 Å². The van der Waals surface area contributed by atoms with Crippen molar-refractivity contribution in [3.8, 4) is 22.4 Å². The van der Waals surface area contributed by atoms with Crippen molar-refractivity contribution in [2.24, 2.45) is 0 Å². The molecule has 0 atom stereocenters. The maximum Gasteiger partial charge on any atom is 0.231 e. The van der Waals surface area contributed by atoms with Gasteiger partial charge < -0.3 is 19.5 Å². The maximum atomic E-state index is 12.6. The average Bonchev–Trinajstić information content (AvgIpc) is 3.44. The number of aromatic nitrogens is 3. The van der Waals surface area contributed by atoms with E-state index in [-0.39, 0.29) is 19.1 Å². The van der Waals surface area contributed by atoms with Gasteiger partial charge >= 0.3 is 0 Å². The lowest BCUT2D eigenvalue weighted by Gasteiger charge is -2.07. The van der Waals surface area contributed by atoms with Gasteiger partial charge in [0.25, 0.3) is 0 Å². The summed E-state index contributed by atoms with van der Waals surface area (Å²) >= 11 is 1.47. The van der Waals surface area contributed by atoms with Gasteiger partial charge in [-0.2, -0.15) is 9.78 Å². The summed E-state index contributed by atoms with van der Waals surface area (Å²) < 4.78 is 18.6. The van der Waals surface area contributed by atoms with E-state index < -0.39 is 0 Å². The fourth-order valence-electron chi connectivity index (χ4n) is 3.25. The number of amides is 1. The van der Waals surface area contributed by atoms with Crippen molar-refractivity contribution >= 4 is 33.3 Å². The molecule has 1 aliphatic rings. The maximum absolute atomic E-state index is 12.6. The van der Waals surface area contributed by atoms with Crippen LogP contribution in [0.15, 0.2) is 42.5 Å². The molecule has 2 aromatic carbocycles. The molecule has 0 fully saturated rings. The van der Waals surface area contributed by atoms with Crippen molar-refractivity contribution in [3.63, 3.8) is 0 Å². The van der Waals surface area contributed by atoms with E-state index in [4.69, 9.17) is 14.2 Å². The second-order valence-electron chi connectivity index (χ2n) is 6.83. The van der Waals surface area contributed by atoms with Crippen LogP contribution in [0, 0.1) is 6.92 Å². The molecule has 0 saturated carbocycles. The first-order valence-electron chi connectivity index (χ1n) is 9.29. The molecule has 1 N–H and O–H groups in total. The number of rotatable bonds is 5. The summed E-state index contributed by atoms with van der Waals surface area (Å²) in [5.74, 6) is 2.59. The van der Waals surface area contributed by atoms with Crippen molar-refractivity contribution in [1.82, 2.24) is 14.8 Å². The molecule has 0 radical (unpaired) electrons. The summed E-state index contributed by atoms with van der Waals surface area (Å²) in [6.45, 7) is 2.10. The number of carbonyl (C=O) groups excluding carboxylic acids is 1. The second kappa shape index (κ2) is 7.34. The number of benzene rings is 2. The van der Waals surface area contributed by atoms with E-state index in [9.17, 15) is 4.79 Å². The third-order valence-corrected chi connectivity index (χ3v) is 5.67. The molecule has 5 rings (SSSR count). The number of thiazole rings is 1. The highest BCUT2D eigenvalue weighted by Crippen LogP contribution is 2.38. The molecular weight excluding hydrogens is 404 g/mol. The molecule has 8 nitrogen and oxygen atoms in total. The highest BCUT2D eigenvalue weighted by Gasteiger charge is 2.19. The van der Waals surface area contributed by atoms with Crippen LogP contribution >= 0.6 is 11.3 Å². The molecule has 30 heavy (non-hydrogen) atoms. The standard InChI is InChI=1S/C21H18N4O4S/c1-12-7-19(23-20(26)8-13-3-5-14(27-2)6-4-13)25(24-12)21-22-15-9-16-17(29-11-28-16)10-18(15)30-21/h3-7,9-10H,8,11H2,1-2H3,(H,23,26). The summed E-state index contributed by atoms with van der Waals surface area (Å²) in [6.07, 6.45) is 0.246. The summed E-state index contributed by atoms with van der Waals surface area (Å²) in [5.41, 5.74) is 2.47. The molecule has 3 heterocycles. The Morgan fingerprint density at radius 3 is 2.73 bits per heavy atom. The molecule has 0 bridgehead atoms. The SMILES string of the molecule is COc1ccc(CC(=O)Nc2cc(C)nn2-c2nc3cc4c(cc3s2)OCO4)cc1. The number of hydrogen-bond acceptors (Lipinski definition) is 7. The van der Waals surface area contributed by atoms with Gasteiger partial charge in [0.05, 0.1) is 29.4 Å². The van der Waals surface area contributed by atoms with Crippen LogP contribution in [-0.2, 0) is 11.2 Å². The number of nitrogens with zero attached hydrogens (tertiary/aromatic N) is 3. The molecule has 0 unspecified atom stereocenters. The van der Waals surface area contributed by atoms with Gasteiger partial charge in [-0.25, -0.2) is 4.98 Å². The molecule has 1 amide bonds. The predicted molar refractivity (Wildman–Crippen MR) is 113 cm³/mol. The summed E-state index contributed by atoms with van der Waals surface area (Å²) in [5, 5.41) is 8.11. The van der Waals surface area contributed by atoms with Crippen LogP contribution in [0.1, 0.15) is 11.3 Å². The Morgan fingerprint density at radius 2 is 1.97 bits per heavy atom. The molecule has 1 aliphatic heterocycles. The van der Waals surface area contributed by atoms with Crippen LogP contribution in [0.5, 0.6) is 17.2 Å². The minimum Gasteiger partial charge on any atom is -0.497 e. The Kier molecular flexibility index (Phi) is 4.51. The van der Waals surface area contributed by atoms with Crippen LogP contribution in [0.3, 0.4) is 0 Å². The number of hydrogen-bond donors (Lipinski definition) is 1. The van der Waals surface area contributed by atoms with Gasteiger partial charge in [-0.1, -0.05) is 23.5 Å². The highest BCUT2D eigenvalue weighted by atomic mass is 32.1. The Bertz CT molecular complexity index is 1210. The number of anilines is 1. The molecule has 2 aromatic heterocycles. The largest absolute Gasteiger partial charge is 0.497 e. The van der Waals surface area contributed by atoms with E-state index in [1.165, 1.54) is 11.3 Å². The van der Waals surface area contributed by atoms with Gasteiger partial charge in [0.15, 0.2) is 11.5 Å². The highest BCUT2D eigenvalue weighted by molar-refractivity contribution is 7.20. The second-order valence-corrected chi connectivity index (χ2v) is 7.83. The average molecular weight is 422 g/mol. The summed E-state index contributed by atoms with van der Waals surface area (Å²) in [7, 11) is 1.61. The number of carbonyl (C=O) groups is 1. The van der Waals surface area contributed by atoms with Crippen molar-refractivity contribution < 1.29 is 19.0 Å². The van der Waals surface area contributed by atoms with E-state index >= 15 is 0 Å².